The SMILES string of the molecule is CCn1c(-c2cc(C3=CCN4CCOC[C@@H]4C3)cnc2[C@H](C)OC)c2c3cc(ccc31)-c1csc(n1)C[C@H](NC(=O)[C@H]1C[C@@H]1C)C(=O)N1CCC[C@H](N1)C(=O)OCC(C)(C)C2. The summed E-state index contributed by atoms with van der Waals surface area (Å²) < 4.78 is 20.4. The highest BCUT2D eigenvalue weighted by atomic mass is 32.1. The number of ether oxygens (including phenoxy) is 3. The van der Waals surface area contributed by atoms with Crippen LogP contribution in [0.25, 0.3) is 39.0 Å². The second-order valence-electron chi connectivity index (χ2n) is 18.5. The number of nitrogens with one attached hydrogen (secondary N) is 2. The van der Waals surface area contributed by atoms with Gasteiger partial charge in [-0.2, -0.15) is 0 Å². The van der Waals surface area contributed by atoms with Gasteiger partial charge in [-0.15, -0.1) is 11.3 Å². The van der Waals surface area contributed by atoms with E-state index in [4.69, 9.17) is 24.2 Å². The van der Waals surface area contributed by atoms with Gasteiger partial charge in [0.15, 0.2) is 0 Å². The van der Waals surface area contributed by atoms with Crippen molar-refractivity contribution in [2.24, 2.45) is 17.3 Å². The number of rotatable bonds is 7. The molecule has 3 fully saturated rings. The summed E-state index contributed by atoms with van der Waals surface area (Å²) >= 11 is 1.49. The number of pyridine rings is 1. The van der Waals surface area contributed by atoms with Gasteiger partial charge in [-0.1, -0.05) is 32.9 Å². The van der Waals surface area contributed by atoms with E-state index in [1.807, 2.05) is 25.4 Å². The zero-order valence-corrected chi connectivity index (χ0v) is 37.1. The van der Waals surface area contributed by atoms with Crippen LogP contribution in [0.1, 0.15) is 88.2 Å². The maximum atomic E-state index is 14.2. The van der Waals surface area contributed by atoms with Crippen LogP contribution in [-0.4, -0.2) is 107 Å². The monoisotopic (exact) mass is 849 g/mol. The van der Waals surface area contributed by atoms with Gasteiger partial charge in [-0.3, -0.25) is 29.3 Å². The largest absolute Gasteiger partial charge is 0.464 e. The van der Waals surface area contributed by atoms with Crippen LogP contribution < -0.4 is 10.7 Å². The van der Waals surface area contributed by atoms with Crippen molar-refractivity contribution in [1.29, 1.82) is 0 Å². The van der Waals surface area contributed by atoms with Crippen LogP contribution in [0.2, 0.25) is 0 Å². The molecule has 0 spiro atoms. The van der Waals surface area contributed by atoms with E-state index in [1.54, 1.807) is 7.11 Å². The van der Waals surface area contributed by atoms with Gasteiger partial charge in [-0.25, -0.2) is 10.4 Å². The lowest BCUT2D eigenvalue weighted by atomic mass is 9.83. The molecule has 1 aliphatic carbocycles. The Morgan fingerprint density at radius 2 is 2.00 bits per heavy atom. The van der Waals surface area contributed by atoms with E-state index in [9.17, 15) is 14.4 Å². The van der Waals surface area contributed by atoms with E-state index >= 15 is 0 Å². The van der Waals surface area contributed by atoms with Crippen molar-refractivity contribution in [3.8, 4) is 22.5 Å². The normalized spacial score (nSPS) is 26.2. The molecule has 6 atom stereocenters. The minimum atomic E-state index is -0.831. The van der Waals surface area contributed by atoms with E-state index in [0.29, 0.717) is 44.3 Å². The molecule has 324 valence electrons. The van der Waals surface area contributed by atoms with Gasteiger partial charge in [0.05, 0.1) is 48.0 Å². The summed E-state index contributed by atoms with van der Waals surface area (Å²) in [7, 11) is 1.73. The third kappa shape index (κ3) is 8.41. The minimum Gasteiger partial charge on any atom is -0.464 e. The van der Waals surface area contributed by atoms with E-state index in [-0.39, 0.29) is 36.9 Å². The molecule has 2 amide bonds. The first kappa shape index (κ1) is 41.9. The number of methoxy groups -OCH3 is 1. The highest BCUT2D eigenvalue weighted by Crippen LogP contribution is 2.43. The number of morpholine rings is 1. The maximum Gasteiger partial charge on any atom is 0.324 e. The fraction of sp³-hybridized carbons (Fsp3) is 0.553. The second-order valence-corrected chi connectivity index (χ2v) is 19.4. The number of aromatic nitrogens is 3. The number of carbonyl (C=O) groups is 3. The molecule has 5 aliphatic rings. The number of amides is 2. The smallest absolute Gasteiger partial charge is 0.324 e. The van der Waals surface area contributed by atoms with Crippen LogP contribution >= 0.6 is 11.3 Å². The Hall–Kier alpha value is -4.47. The van der Waals surface area contributed by atoms with Crippen LogP contribution in [0.5, 0.6) is 0 Å². The zero-order chi connectivity index (χ0) is 42.6. The number of esters is 1. The number of hydrazine groups is 1. The molecule has 13 nitrogen and oxygen atoms in total. The highest BCUT2D eigenvalue weighted by Gasteiger charge is 2.42. The van der Waals surface area contributed by atoms with Crippen LogP contribution in [-0.2, 0) is 48.0 Å². The van der Waals surface area contributed by atoms with Crippen molar-refractivity contribution in [3.63, 3.8) is 0 Å². The number of nitrogens with zero attached hydrogens (tertiary/aromatic N) is 5. The van der Waals surface area contributed by atoms with E-state index in [2.05, 4.69) is 71.3 Å². The maximum absolute atomic E-state index is 14.2. The number of benzene rings is 1. The Morgan fingerprint density at radius 1 is 1.16 bits per heavy atom. The zero-order valence-electron chi connectivity index (χ0n) is 36.3. The lowest BCUT2D eigenvalue weighted by Gasteiger charge is -2.38. The molecule has 4 aromatic rings. The van der Waals surface area contributed by atoms with Crippen molar-refractivity contribution in [2.45, 2.75) is 104 Å². The fourth-order valence-corrected chi connectivity index (χ4v) is 10.5. The van der Waals surface area contributed by atoms with Gasteiger partial charge >= 0.3 is 5.97 Å². The summed E-state index contributed by atoms with van der Waals surface area (Å²) in [6.07, 6.45) is 7.82. The number of fused-ring (bicyclic) bond motifs is 7. The summed E-state index contributed by atoms with van der Waals surface area (Å²) in [5, 5.41) is 8.46. The number of thiazole rings is 1. The van der Waals surface area contributed by atoms with Crippen LogP contribution in [0.15, 0.2) is 41.9 Å². The molecular weight excluding hydrogens is 791 g/mol. The first-order valence-corrected chi connectivity index (χ1v) is 23.0. The van der Waals surface area contributed by atoms with Crippen molar-refractivity contribution >= 4 is 45.6 Å². The molecule has 0 unspecified atom stereocenters. The van der Waals surface area contributed by atoms with E-state index in [1.165, 1.54) is 21.9 Å². The van der Waals surface area contributed by atoms with Crippen molar-refractivity contribution in [1.82, 2.24) is 35.2 Å². The number of carbonyl (C=O) groups excluding carboxylic acids is 3. The molecule has 9 rings (SSSR count). The molecule has 1 aromatic carbocycles. The van der Waals surface area contributed by atoms with Gasteiger partial charge in [-0.05, 0) is 86.8 Å². The topological polar surface area (TPSA) is 140 Å². The minimum absolute atomic E-state index is 0.0941. The molecule has 61 heavy (non-hydrogen) atoms. The van der Waals surface area contributed by atoms with Crippen molar-refractivity contribution < 1.29 is 28.6 Å². The average Bonchev–Trinajstić information content (AvgIpc) is 3.70. The summed E-state index contributed by atoms with van der Waals surface area (Å²) in [5.74, 6) is -0.578. The third-order valence-corrected chi connectivity index (χ3v) is 14.3. The number of aryl methyl sites for hydroxylation is 1. The Morgan fingerprint density at radius 3 is 2.79 bits per heavy atom. The Bertz CT molecular complexity index is 2370. The highest BCUT2D eigenvalue weighted by molar-refractivity contribution is 7.10. The average molecular weight is 850 g/mol. The third-order valence-electron chi connectivity index (χ3n) is 13.4. The van der Waals surface area contributed by atoms with Gasteiger partial charge < -0.3 is 24.1 Å². The van der Waals surface area contributed by atoms with Crippen LogP contribution in [0.3, 0.4) is 0 Å². The molecule has 14 heteroatoms. The molecule has 1 saturated carbocycles. The molecule has 2 N–H and O–H groups in total. The van der Waals surface area contributed by atoms with Gasteiger partial charge in [0, 0.05) is 90.7 Å². The van der Waals surface area contributed by atoms with Crippen LogP contribution in [0.4, 0.5) is 0 Å². The molecule has 6 bridgehead atoms. The fourth-order valence-electron chi connectivity index (χ4n) is 9.67. The van der Waals surface area contributed by atoms with Crippen molar-refractivity contribution in [3.05, 3.63) is 63.7 Å². The Kier molecular flexibility index (Phi) is 11.7. The lowest BCUT2D eigenvalue weighted by molar-refractivity contribution is -0.155. The Balaban J connectivity index is 1.17. The summed E-state index contributed by atoms with van der Waals surface area (Å²) in [5.41, 5.74) is 12.1. The quantitative estimate of drug-likeness (QED) is 0.203. The van der Waals surface area contributed by atoms with Crippen molar-refractivity contribution in [2.75, 3.05) is 46.6 Å². The number of hydrogen-bond acceptors (Lipinski definition) is 11. The molecule has 2 saturated heterocycles. The molecule has 0 radical (unpaired) electrons. The summed E-state index contributed by atoms with van der Waals surface area (Å²) in [4.78, 5) is 54.1. The van der Waals surface area contributed by atoms with Crippen LogP contribution in [0, 0.1) is 17.3 Å². The second kappa shape index (κ2) is 17.0. The standard InChI is InChI=1S/C47H59N7O6S/c1-7-53-40-11-10-30-19-34(40)36(43(53)35-20-31(23-48-42(35)28(3)58-6)29-12-14-52-15-16-59-24-32(52)18-29)22-47(4,5)26-60-46(57)37-9-8-13-54(51-37)45(56)38(21-41-49-39(30)25-61-41)50-44(55)33-17-27(33)2/h10-12,19-20,23,25,27-28,32-33,37-38,51H,7-9,13-18,21-22,24,26H2,1-6H3,(H,50,55)/t27-,28-,32-,33-,37-,38-/m0/s1. The number of cyclic esters (lactones) is 1. The van der Waals surface area contributed by atoms with E-state index in [0.717, 1.165) is 94.4 Å². The first-order chi connectivity index (χ1) is 29.4. The molecule has 3 aromatic heterocycles. The van der Waals surface area contributed by atoms with Gasteiger partial charge in [0.1, 0.15) is 12.1 Å². The first-order valence-electron chi connectivity index (χ1n) is 22.1. The molecular formula is C47H59N7O6S. The van der Waals surface area contributed by atoms with Gasteiger partial charge in [0.25, 0.3) is 5.91 Å². The number of hydrogen-bond donors (Lipinski definition) is 2. The van der Waals surface area contributed by atoms with Gasteiger partial charge in [0.2, 0.25) is 5.91 Å². The lowest BCUT2D eigenvalue weighted by Crippen LogP contribution is -2.60. The predicted molar refractivity (Wildman–Crippen MR) is 235 cm³/mol. The molecule has 7 heterocycles. The van der Waals surface area contributed by atoms with E-state index < -0.39 is 23.5 Å². The summed E-state index contributed by atoms with van der Waals surface area (Å²) in [6, 6.07) is 7.69. The Labute approximate surface area is 362 Å². The predicted octanol–water partition coefficient (Wildman–Crippen LogP) is 6.35. The molecule has 4 aliphatic heterocycles. The summed E-state index contributed by atoms with van der Waals surface area (Å²) in [6.45, 7) is 15.2.